The zero-order chi connectivity index (χ0) is 26.9. The third-order valence-electron chi connectivity index (χ3n) is 6.61. The number of aryl methyl sites for hydroxylation is 2. The summed E-state index contributed by atoms with van der Waals surface area (Å²) in [6.07, 6.45) is 6.89. The molecule has 0 spiro atoms. The van der Waals surface area contributed by atoms with Gasteiger partial charge in [0.1, 0.15) is 11.8 Å². The van der Waals surface area contributed by atoms with Crippen LogP contribution in [0.1, 0.15) is 50.3 Å². The summed E-state index contributed by atoms with van der Waals surface area (Å²) in [7, 11) is 0. The number of para-hydroxylation sites is 1. The molecule has 0 saturated heterocycles. The molecule has 2 aromatic carbocycles. The largest absolute Gasteiger partial charge is 0.508 e. The van der Waals surface area contributed by atoms with Crippen molar-refractivity contribution in [3.8, 4) is 17.0 Å². The summed E-state index contributed by atoms with van der Waals surface area (Å²) in [4.78, 5) is 29.0. The Balaban J connectivity index is 1.34. The van der Waals surface area contributed by atoms with Gasteiger partial charge < -0.3 is 16.2 Å². The zero-order valence-corrected chi connectivity index (χ0v) is 21.8. The fourth-order valence-corrected chi connectivity index (χ4v) is 4.46. The smallest absolute Gasteiger partial charge is 0.240 e. The van der Waals surface area contributed by atoms with Gasteiger partial charge in [-0.05, 0) is 61.6 Å². The van der Waals surface area contributed by atoms with Crippen molar-refractivity contribution in [2.24, 2.45) is 5.73 Å². The maximum atomic E-state index is 12.5. The average Bonchev–Trinajstić information content (AvgIpc) is 3.33. The monoisotopic (exact) mass is 513 g/mol. The number of aromatic hydroxyl groups is 1. The van der Waals surface area contributed by atoms with Gasteiger partial charge in [0, 0.05) is 42.2 Å². The molecule has 0 aliphatic heterocycles. The number of amides is 2. The van der Waals surface area contributed by atoms with Gasteiger partial charge in [-0.2, -0.15) is 5.10 Å². The number of aromatic nitrogens is 3. The van der Waals surface area contributed by atoms with Crippen molar-refractivity contribution >= 4 is 22.7 Å². The number of hydrogen-bond acceptors (Lipinski definition) is 5. The Bertz CT molecular complexity index is 1380. The van der Waals surface area contributed by atoms with E-state index in [1.165, 1.54) is 0 Å². The highest BCUT2D eigenvalue weighted by atomic mass is 16.3. The predicted molar refractivity (Wildman–Crippen MR) is 148 cm³/mol. The highest BCUT2D eigenvalue weighted by Gasteiger charge is 2.18. The van der Waals surface area contributed by atoms with Crippen molar-refractivity contribution in [2.45, 2.75) is 64.5 Å². The molecule has 2 amide bonds. The van der Waals surface area contributed by atoms with Crippen molar-refractivity contribution in [3.63, 3.8) is 0 Å². The Morgan fingerprint density at radius 1 is 1.05 bits per heavy atom. The molecule has 0 fully saturated rings. The average molecular weight is 514 g/mol. The van der Waals surface area contributed by atoms with E-state index in [2.05, 4.69) is 40.1 Å². The molecule has 0 unspecified atom stereocenters. The fourth-order valence-electron chi connectivity index (χ4n) is 4.46. The van der Waals surface area contributed by atoms with Crippen molar-refractivity contribution in [2.75, 3.05) is 0 Å². The van der Waals surface area contributed by atoms with Crippen molar-refractivity contribution in [3.05, 3.63) is 78.1 Å². The highest BCUT2D eigenvalue weighted by Crippen LogP contribution is 2.24. The van der Waals surface area contributed by atoms with Gasteiger partial charge in [-0.25, -0.2) is 0 Å². The molecule has 2 aromatic heterocycles. The first-order valence-electron chi connectivity index (χ1n) is 13.2. The van der Waals surface area contributed by atoms with Crippen LogP contribution >= 0.6 is 0 Å². The van der Waals surface area contributed by atoms with Crippen molar-refractivity contribution in [1.29, 1.82) is 0 Å². The molecular weight excluding hydrogens is 478 g/mol. The predicted octanol–water partition coefficient (Wildman–Crippen LogP) is 4.53. The first kappa shape index (κ1) is 26.9. The van der Waals surface area contributed by atoms with Crippen LogP contribution in [0.4, 0.5) is 0 Å². The van der Waals surface area contributed by atoms with Crippen LogP contribution in [-0.4, -0.2) is 37.7 Å². The quantitative estimate of drug-likeness (QED) is 0.227. The lowest BCUT2D eigenvalue weighted by Crippen LogP contribution is -2.45. The van der Waals surface area contributed by atoms with Gasteiger partial charge in [0.15, 0.2) is 0 Å². The van der Waals surface area contributed by atoms with Crippen LogP contribution < -0.4 is 11.1 Å². The Morgan fingerprint density at radius 2 is 1.84 bits per heavy atom. The minimum absolute atomic E-state index is 0.144. The molecular formula is C30H35N5O3. The zero-order valence-electron chi connectivity index (χ0n) is 21.8. The van der Waals surface area contributed by atoms with E-state index in [1.807, 2.05) is 24.4 Å². The number of phenolic OH excluding ortho intramolecular Hbond substituents is 1. The molecule has 1 atom stereocenters. The number of benzene rings is 2. The molecule has 8 heteroatoms. The maximum absolute atomic E-state index is 12.5. The summed E-state index contributed by atoms with van der Waals surface area (Å²) in [6, 6.07) is 18.0. The molecule has 0 aliphatic carbocycles. The number of pyridine rings is 1. The summed E-state index contributed by atoms with van der Waals surface area (Å²) >= 11 is 0. The molecule has 198 valence electrons. The highest BCUT2D eigenvalue weighted by molar-refractivity contribution is 5.86. The Labute approximate surface area is 222 Å². The third kappa shape index (κ3) is 7.18. The second-order valence-electron chi connectivity index (χ2n) is 9.61. The van der Waals surface area contributed by atoms with E-state index in [0.29, 0.717) is 12.8 Å². The minimum atomic E-state index is -0.791. The number of hydrogen-bond donors (Lipinski definition) is 3. The number of phenols is 1. The molecule has 38 heavy (non-hydrogen) atoms. The second kappa shape index (κ2) is 12.9. The van der Waals surface area contributed by atoms with Crippen LogP contribution in [0, 0.1) is 0 Å². The van der Waals surface area contributed by atoms with Gasteiger partial charge in [0.25, 0.3) is 0 Å². The van der Waals surface area contributed by atoms with E-state index in [1.54, 1.807) is 24.3 Å². The SMILES string of the molecule is CCCCn1nc(-c2cnc3ccccc3c2)cc1CCCCC(=O)N[C@@H](Cc1ccc(O)cc1)C(N)=O. The van der Waals surface area contributed by atoms with Crippen molar-refractivity contribution < 1.29 is 14.7 Å². The second-order valence-corrected chi connectivity index (χ2v) is 9.61. The number of fused-ring (bicyclic) bond motifs is 1. The van der Waals surface area contributed by atoms with Crippen molar-refractivity contribution in [1.82, 2.24) is 20.1 Å². The Hall–Kier alpha value is -4.20. The lowest BCUT2D eigenvalue weighted by Gasteiger charge is -2.15. The van der Waals surface area contributed by atoms with Crippen LogP contribution in [0.3, 0.4) is 0 Å². The van der Waals surface area contributed by atoms with Crippen LogP contribution in [0.15, 0.2) is 66.9 Å². The normalized spacial score (nSPS) is 11.9. The molecule has 4 aromatic rings. The van der Waals surface area contributed by atoms with Gasteiger partial charge in [-0.1, -0.05) is 43.7 Å². The van der Waals surface area contributed by atoms with Crippen LogP contribution in [-0.2, 0) is 29.0 Å². The lowest BCUT2D eigenvalue weighted by molar-refractivity contribution is -0.127. The number of carbonyl (C=O) groups excluding carboxylic acids is 2. The molecule has 4 rings (SSSR count). The topological polar surface area (TPSA) is 123 Å². The van der Waals surface area contributed by atoms with E-state index in [0.717, 1.165) is 65.6 Å². The number of rotatable bonds is 13. The number of carbonyl (C=O) groups is 2. The van der Waals surface area contributed by atoms with Gasteiger partial charge in [0.05, 0.1) is 11.2 Å². The number of nitrogens with zero attached hydrogens (tertiary/aromatic N) is 3. The van der Waals surface area contributed by atoms with Gasteiger partial charge in [-0.15, -0.1) is 0 Å². The van der Waals surface area contributed by atoms with E-state index < -0.39 is 11.9 Å². The number of primary amides is 1. The van der Waals surface area contributed by atoms with E-state index in [9.17, 15) is 14.7 Å². The maximum Gasteiger partial charge on any atom is 0.240 e. The van der Waals surface area contributed by atoms with Crippen LogP contribution in [0.25, 0.3) is 22.2 Å². The van der Waals surface area contributed by atoms with Gasteiger partial charge >= 0.3 is 0 Å². The molecule has 0 bridgehead atoms. The van der Waals surface area contributed by atoms with Gasteiger partial charge in [0.2, 0.25) is 11.8 Å². The standard InChI is InChI=1S/C30H35N5O3/c1-2-3-16-35-24(19-27(34-35)23-18-22-8-4-6-10-26(22)32-20-23)9-5-7-11-29(37)33-28(30(31)38)17-21-12-14-25(36)15-13-21/h4,6,8,10,12-15,18-20,28,36H,2-3,5,7,9,11,16-17H2,1H3,(H2,31,38)(H,33,37)/t28-/m0/s1. The summed E-state index contributed by atoms with van der Waals surface area (Å²) in [5, 5.41) is 18.1. The summed E-state index contributed by atoms with van der Waals surface area (Å²) in [5.74, 6) is -0.637. The van der Waals surface area contributed by atoms with Gasteiger partial charge in [-0.3, -0.25) is 19.3 Å². The number of nitrogens with two attached hydrogens (primary N) is 1. The van der Waals surface area contributed by atoms with E-state index in [4.69, 9.17) is 10.8 Å². The summed E-state index contributed by atoms with van der Waals surface area (Å²) in [5.41, 5.74) is 10.3. The summed E-state index contributed by atoms with van der Waals surface area (Å²) < 4.78 is 2.08. The summed E-state index contributed by atoms with van der Waals surface area (Å²) in [6.45, 7) is 3.02. The molecule has 2 heterocycles. The third-order valence-corrected chi connectivity index (χ3v) is 6.61. The molecule has 4 N–H and O–H groups in total. The molecule has 0 radical (unpaired) electrons. The van der Waals surface area contributed by atoms with Crippen LogP contribution in [0.5, 0.6) is 5.75 Å². The number of unbranched alkanes of at least 4 members (excludes halogenated alkanes) is 2. The fraction of sp³-hybridized carbons (Fsp3) is 0.333. The molecule has 0 saturated carbocycles. The molecule has 0 aliphatic rings. The van der Waals surface area contributed by atoms with Crippen LogP contribution in [0.2, 0.25) is 0 Å². The lowest BCUT2D eigenvalue weighted by atomic mass is 10.0. The van der Waals surface area contributed by atoms with E-state index in [-0.39, 0.29) is 18.1 Å². The Morgan fingerprint density at radius 3 is 2.61 bits per heavy atom. The number of nitrogens with one attached hydrogen (secondary N) is 1. The first-order chi connectivity index (χ1) is 18.4. The Kier molecular flexibility index (Phi) is 9.08. The molecule has 8 nitrogen and oxygen atoms in total. The first-order valence-corrected chi connectivity index (χ1v) is 13.2. The minimum Gasteiger partial charge on any atom is -0.508 e. The van der Waals surface area contributed by atoms with E-state index >= 15 is 0 Å².